The first-order chi connectivity index (χ1) is 13.2. The number of carbonyl (C=O) groups is 1. The van der Waals surface area contributed by atoms with Gasteiger partial charge in [-0.05, 0) is 44.2 Å². The predicted molar refractivity (Wildman–Crippen MR) is 107 cm³/mol. The summed E-state index contributed by atoms with van der Waals surface area (Å²) in [5, 5.41) is 9.62. The molecule has 146 valence electrons. The summed E-state index contributed by atoms with van der Waals surface area (Å²) in [5.41, 5.74) is 3.12. The van der Waals surface area contributed by atoms with Crippen LogP contribution in [-0.2, 0) is 21.2 Å². The molecular weight excluding hydrogens is 398 g/mol. The number of hydrogen-bond donors (Lipinski definition) is 1. The van der Waals surface area contributed by atoms with E-state index in [4.69, 9.17) is 9.84 Å². The molecule has 0 saturated carbocycles. The lowest BCUT2D eigenvalue weighted by Gasteiger charge is -2.06. The van der Waals surface area contributed by atoms with Gasteiger partial charge in [0.2, 0.25) is 0 Å². The Hall–Kier alpha value is -2.71. The second-order valence-electron chi connectivity index (χ2n) is 6.31. The van der Waals surface area contributed by atoms with Crippen molar-refractivity contribution in [1.82, 2.24) is 4.98 Å². The van der Waals surface area contributed by atoms with Gasteiger partial charge in [-0.25, -0.2) is 13.4 Å². The van der Waals surface area contributed by atoms with Crippen LogP contribution in [0.1, 0.15) is 16.1 Å². The van der Waals surface area contributed by atoms with Crippen LogP contribution in [0.5, 0.6) is 5.75 Å². The molecule has 0 aliphatic rings. The molecule has 3 rings (SSSR count). The van der Waals surface area contributed by atoms with Gasteiger partial charge in [0.05, 0.1) is 15.5 Å². The summed E-state index contributed by atoms with van der Waals surface area (Å²) >= 11 is 1.56. The molecule has 0 aliphatic heterocycles. The fourth-order valence-electron chi connectivity index (χ4n) is 2.60. The molecule has 0 fully saturated rings. The van der Waals surface area contributed by atoms with Gasteiger partial charge < -0.3 is 9.84 Å². The highest BCUT2D eigenvalue weighted by Crippen LogP contribution is 2.29. The molecule has 1 heterocycles. The topological polar surface area (TPSA) is 93.6 Å². The normalized spacial score (nSPS) is 11.4. The number of ether oxygens (including phenoxy) is 1. The quantitative estimate of drug-likeness (QED) is 0.627. The summed E-state index contributed by atoms with van der Waals surface area (Å²) in [4.78, 5) is 16.2. The molecule has 0 unspecified atom stereocenters. The average Bonchev–Trinajstić information content (AvgIpc) is 3.00. The molecule has 0 spiro atoms. The maximum absolute atomic E-state index is 11.9. The number of aryl methyl sites for hydroxylation is 2. The Morgan fingerprint density at radius 2 is 1.86 bits per heavy atom. The fourth-order valence-corrected chi connectivity index (χ4v) is 4.62. The lowest BCUT2D eigenvalue weighted by molar-refractivity contribution is -0.134. The first-order valence-electron chi connectivity index (χ1n) is 8.45. The van der Waals surface area contributed by atoms with E-state index in [1.807, 2.05) is 32.0 Å². The molecule has 0 amide bonds. The van der Waals surface area contributed by atoms with E-state index >= 15 is 0 Å². The Morgan fingerprint density at radius 3 is 2.50 bits per heavy atom. The van der Waals surface area contributed by atoms with Crippen LogP contribution in [0.25, 0.3) is 10.6 Å². The second kappa shape index (κ2) is 8.12. The van der Waals surface area contributed by atoms with Crippen molar-refractivity contribution in [2.75, 3.05) is 5.75 Å². The number of hydrogen-bond acceptors (Lipinski definition) is 6. The van der Waals surface area contributed by atoms with Gasteiger partial charge >= 0.3 is 5.97 Å². The van der Waals surface area contributed by atoms with Crippen molar-refractivity contribution in [1.29, 1.82) is 0 Å². The molecule has 0 bridgehead atoms. The highest BCUT2D eigenvalue weighted by atomic mass is 32.2. The van der Waals surface area contributed by atoms with Crippen LogP contribution in [0.3, 0.4) is 0 Å². The first kappa shape index (κ1) is 20.0. The van der Waals surface area contributed by atoms with Crippen molar-refractivity contribution < 1.29 is 23.1 Å². The van der Waals surface area contributed by atoms with Crippen LogP contribution in [0.2, 0.25) is 0 Å². The van der Waals surface area contributed by atoms with Crippen molar-refractivity contribution >= 4 is 27.1 Å². The molecule has 1 aromatic heterocycles. The lowest BCUT2D eigenvalue weighted by Crippen LogP contribution is -2.15. The zero-order chi connectivity index (χ0) is 20.3. The van der Waals surface area contributed by atoms with E-state index in [1.54, 1.807) is 11.3 Å². The van der Waals surface area contributed by atoms with Gasteiger partial charge in [0.25, 0.3) is 0 Å². The van der Waals surface area contributed by atoms with E-state index in [1.165, 1.54) is 29.8 Å². The summed E-state index contributed by atoms with van der Waals surface area (Å²) in [7, 11) is -3.84. The van der Waals surface area contributed by atoms with Crippen LogP contribution in [0.4, 0.5) is 0 Å². The van der Waals surface area contributed by atoms with Gasteiger partial charge in [0.15, 0.2) is 15.6 Å². The maximum Gasteiger partial charge on any atom is 0.319 e. The molecule has 0 radical (unpaired) electrons. The number of sulfone groups is 1. The number of nitrogens with zero attached hydrogens (tertiary/aromatic N) is 1. The minimum atomic E-state index is -3.84. The standard InChI is InChI=1S/C20H19NO5S2/c1-13-4-3-5-15(10-13)20-21-14(2)18(27-20)11-26-16-6-8-17(9-7-16)28(24,25)12-19(22)23/h3-10H,11-12H2,1-2H3,(H,22,23). The zero-order valence-corrected chi connectivity index (χ0v) is 17.0. The Kier molecular flexibility index (Phi) is 5.81. The third-order valence-electron chi connectivity index (χ3n) is 4.02. The van der Waals surface area contributed by atoms with E-state index < -0.39 is 21.6 Å². The largest absolute Gasteiger partial charge is 0.488 e. The molecule has 0 atom stereocenters. The van der Waals surface area contributed by atoms with Crippen molar-refractivity contribution in [2.45, 2.75) is 25.3 Å². The maximum atomic E-state index is 11.9. The number of aliphatic carboxylic acids is 1. The van der Waals surface area contributed by atoms with E-state index in [-0.39, 0.29) is 4.90 Å². The Morgan fingerprint density at radius 1 is 1.14 bits per heavy atom. The molecule has 3 aromatic rings. The van der Waals surface area contributed by atoms with Crippen LogP contribution >= 0.6 is 11.3 Å². The van der Waals surface area contributed by atoms with Gasteiger partial charge in [-0.15, -0.1) is 11.3 Å². The summed E-state index contributed by atoms with van der Waals surface area (Å²) in [6, 6.07) is 13.9. The number of carboxylic acid groups (broad SMARTS) is 1. The van der Waals surface area contributed by atoms with Crippen molar-refractivity contribution in [3.63, 3.8) is 0 Å². The molecule has 0 aliphatic carbocycles. The van der Waals surface area contributed by atoms with Gasteiger partial charge in [-0.2, -0.15) is 0 Å². The SMILES string of the molecule is Cc1cccc(-c2nc(C)c(COc3ccc(S(=O)(=O)CC(=O)O)cc3)s2)c1. The number of rotatable bonds is 7. The fraction of sp³-hybridized carbons (Fsp3) is 0.200. The van der Waals surface area contributed by atoms with Crippen LogP contribution in [0.15, 0.2) is 53.4 Å². The molecular formula is C20H19NO5S2. The van der Waals surface area contributed by atoms with Gasteiger partial charge in [-0.3, -0.25) is 4.79 Å². The Labute approximate surface area is 167 Å². The summed E-state index contributed by atoms with van der Waals surface area (Å²) in [5.74, 6) is -1.82. The molecule has 6 nitrogen and oxygen atoms in total. The molecule has 8 heteroatoms. The van der Waals surface area contributed by atoms with Crippen molar-refractivity contribution in [3.8, 4) is 16.3 Å². The Bertz CT molecular complexity index is 1100. The lowest BCUT2D eigenvalue weighted by atomic mass is 10.1. The highest BCUT2D eigenvalue weighted by molar-refractivity contribution is 7.92. The van der Waals surface area contributed by atoms with Crippen LogP contribution in [0, 0.1) is 13.8 Å². The summed E-state index contributed by atoms with van der Waals surface area (Å²) in [6.45, 7) is 4.28. The number of thiazole rings is 1. The smallest absolute Gasteiger partial charge is 0.319 e. The van der Waals surface area contributed by atoms with Gasteiger partial charge in [-0.1, -0.05) is 23.8 Å². The van der Waals surface area contributed by atoms with Crippen LogP contribution in [-0.4, -0.2) is 30.2 Å². The van der Waals surface area contributed by atoms with E-state index in [0.29, 0.717) is 12.4 Å². The zero-order valence-electron chi connectivity index (χ0n) is 15.4. The van der Waals surface area contributed by atoms with E-state index in [0.717, 1.165) is 21.1 Å². The minimum absolute atomic E-state index is 0.0436. The Balaban J connectivity index is 1.70. The minimum Gasteiger partial charge on any atom is -0.488 e. The van der Waals surface area contributed by atoms with Gasteiger partial charge in [0.1, 0.15) is 17.4 Å². The third-order valence-corrected chi connectivity index (χ3v) is 6.82. The number of benzene rings is 2. The van der Waals surface area contributed by atoms with E-state index in [2.05, 4.69) is 11.1 Å². The molecule has 0 saturated heterocycles. The van der Waals surface area contributed by atoms with E-state index in [9.17, 15) is 13.2 Å². The van der Waals surface area contributed by atoms with Crippen LogP contribution < -0.4 is 4.74 Å². The molecule has 28 heavy (non-hydrogen) atoms. The average molecular weight is 418 g/mol. The molecule has 2 aromatic carbocycles. The third kappa shape index (κ3) is 4.76. The van der Waals surface area contributed by atoms with Crippen molar-refractivity contribution in [3.05, 3.63) is 64.7 Å². The molecule has 1 N–H and O–H groups in total. The summed E-state index contributed by atoms with van der Waals surface area (Å²) in [6.07, 6.45) is 0. The highest BCUT2D eigenvalue weighted by Gasteiger charge is 2.18. The second-order valence-corrected chi connectivity index (χ2v) is 9.38. The monoisotopic (exact) mass is 417 g/mol. The predicted octanol–water partition coefficient (Wildman–Crippen LogP) is 3.86. The number of aromatic nitrogens is 1. The summed E-state index contributed by atoms with van der Waals surface area (Å²) < 4.78 is 29.6. The van der Waals surface area contributed by atoms with Crippen molar-refractivity contribution in [2.24, 2.45) is 0 Å². The first-order valence-corrected chi connectivity index (χ1v) is 10.9. The number of carboxylic acids is 1. The van der Waals surface area contributed by atoms with Gasteiger partial charge in [0, 0.05) is 5.56 Å².